The molecule has 0 aromatic rings. The molecule has 0 heterocycles. The highest BCUT2D eigenvalue weighted by molar-refractivity contribution is 6.36. The number of hydrogen-bond donors (Lipinski definition) is 0. The topological polar surface area (TPSA) is 70.8 Å². The molecule has 6 nitrogen and oxygen atoms in total. The summed E-state index contributed by atoms with van der Waals surface area (Å²) in [5.41, 5.74) is 0. The normalized spacial score (nSPS) is 10.4. The summed E-state index contributed by atoms with van der Waals surface area (Å²) in [6.07, 6.45) is 2.23. The largest absolute Gasteiger partial charge is 0.905 e. The second kappa shape index (κ2) is 11.3. The average Bonchev–Trinajstić information content (AvgIpc) is 2.26. The van der Waals surface area contributed by atoms with E-state index in [9.17, 15) is 10.1 Å². The molecule has 0 aliphatic rings. The van der Waals surface area contributed by atoms with Crippen LogP contribution in [0.3, 0.4) is 0 Å². The van der Waals surface area contributed by atoms with Gasteiger partial charge in [-0.05, 0) is 12.8 Å². The van der Waals surface area contributed by atoms with E-state index in [0.29, 0.717) is 26.2 Å². The van der Waals surface area contributed by atoms with Crippen LogP contribution >= 0.6 is 0 Å². The zero-order valence-corrected chi connectivity index (χ0v) is 11.2. The molecule has 0 amide bonds. The zero-order chi connectivity index (χ0) is 12.2. The molecule has 0 rings (SSSR count). The van der Waals surface area contributed by atoms with Crippen molar-refractivity contribution in [2.45, 2.75) is 33.1 Å². The molecule has 0 atom stereocenters. The Balaban J connectivity index is 3.59. The van der Waals surface area contributed by atoms with E-state index in [0.717, 1.165) is 12.8 Å². The Labute approximate surface area is 101 Å². The van der Waals surface area contributed by atoms with Gasteiger partial charge in [-0.1, -0.05) is 13.8 Å². The molecule has 0 radical (unpaired) electrons. The second-order valence-corrected chi connectivity index (χ2v) is 4.89. The fourth-order valence-electron chi connectivity index (χ4n) is 0.946. The highest BCUT2D eigenvalue weighted by Crippen LogP contribution is 1.97. The Morgan fingerprint density at radius 1 is 1.06 bits per heavy atom. The minimum atomic E-state index is -2.05. The minimum absolute atomic E-state index is 0.0668. The van der Waals surface area contributed by atoms with E-state index in [1.165, 1.54) is 0 Å². The van der Waals surface area contributed by atoms with Crippen molar-refractivity contribution in [3.8, 4) is 0 Å². The summed E-state index contributed by atoms with van der Waals surface area (Å²) in [6.45, 7) is 5.54. The van der Waals surface area contributed by atoms with Crippen molar-refractivity contribution in [1.29, 1.82) is 0 Å². The van der Waals surface area contributed by atoms with E-state index >= 15 is 0 Å². The van der Waals surface area contributed by atoms with Crippen LogP contribution in [0.4, 0.5) is 0 Å². The van der Waals surface area contributed by atoms with Crippen LogP contribution in [-0.2, 0) is 11.4 Å². The highest BCUT2D eigenvalue weighted by Gasteiger charge is 2.30. The Hall–Kier alpha value is -0.188. The van der Waals surface area contributed by atoms with Gasteiger partial charge in [0.1, 0.15) is 0 Å². The van der Waals surface area contributed by atoms with Crippen LogP contribution in [0.1, 0.15) is 33.1 Å². The Kier molecular flexibility index (Phi) is 11.2. The molecule has 0 fully saturated rings. The van der Waals surface area contributed by atoms with Gasteiger partial charge in [0.2, 0.25) is 6.54 Å². The lowest BCUT2D eigenvalue weighted by molar-refractivity contribution is -0.480. The van der Waals surface area contributed by atoms with Crippen LogP contribution < -0.4 is 0 Å². The lowest BCUT2D eigenvalue weighted by atomic mass is 10.5. The monoisotopic (exact) mass is 249 g/mol. The van der Waals surface area contributed by atoms with Gasteiger partial charge in [-0.3, -0.25) is 10.1 Å². The Morgan fingerprint density at radius 2 is 1.56 bits per heavy atom. The van der Waals surface area contributed by atoms with Gasteiger partial charge in [-0.2, -0.15) is 0 Å². The molecule has 0 N–H and O–H groups in total. The summed E-state index contributed by atoms with van der Waals surface area (Å²) < 4.78 is 16.2. The van der Waals surface area contributed by atoms with Crippen molar-refractivity contribution in [1.82, 2.24) is 0 Å². The summed E-state index contributed by atoms with van der Waals surface area (Å²) in [5, 5.41) is 10.1. The average molecular weight is 249 g/mol. The number of hydrogen-bond acceptors (Lipinski definition) is 5. The molecule has 7 heteroatoms. The van der Waals surface area contributed by atoms with Crippen molar-refractivity contribution in [3.63, 3.8) is 0 Å². The quantitative estimate of drug-likeness (QED) is 0.240. The van der Waals surface area contributed by atoms with Gasteiger partial charge in [0.05, 0.1) is 0 Å². The lowest BCUT2D eigenvalue weighted by Crippen LogP contribution is -2.29. The number of rotatable bonds is 11. The van der Waals surface area contributed by atoms with Crippen LogP contribution in [0.25, 0.3) is 0 Å². The summed E-state index contributed by atoms with van der Waals surface area (Å²) in [4.78, 5) is 9.74. The Morgan fingerprint density at radius 3 is 2.00 bits per heavy atom. The molecule has 16 heavy (non-hydrogen) atoms. The van der Waals surface area contributed by atoms with E-state index in [1.54, 1.807) is 0 Å². The van der Waals surface area contributed by atoms with Gasteiger partial charge in [-0.25, -0.2) is 0 Å². The maximum Gasteiger partial charge on any atom is 0.905 e. The fraction of sp³-hybridized carbons (Fsp3) is 1.00. The standard InChI is InChI=1S/C3H6NO3.2C3H7O.Al/c5-3-1-2-4(6)7;2*1-2-3-4;/h1-3H2;2*2-3H2,1H3;/q3*-1;+3. The van der Waals surface area contributed by atoms with Crippen LogP contribution in [0.15, 0.2) is 0 Å². The SMILES string of the molecule is CCC[O][Al]([O]CCC)[O]CCC[N+](=O)[O-]. The molecule has 0 unspecified atom stereocenters. The van der Waals surface area contributed by atoms with E-state index in [1.807, 2.05) is 13.8 Å². The van der Waals surface area contributed by atoms with Gasteiger partial charge in [0.25, 0.3) is 0 Å². The van der Waals surface area contributed by atoms with Gasteiger partial charge in [0.15, 0.2) is 0 Å². The van der Waals surface area contributed by atoms with Gasteiger partial charge < -0.3 is 11.4 Å². The molecule has 0 aromatic carbocycles. The number of nitrogens with zero attached hydrogens (tertiary/aromatic N) is 1. The van der Waals surface area contributed by atoms with Crippen molar-refractivity contribution >= 4 is 15.1 Å². The predicted octanol–water partition coefficient (Wildman–Crippen LogP) is 1.51. The van der Waals surface area contributed by atoms with Crippen LogP contribution in [0.5, 0.6) is 0 Å². The lowest BCUT2D eigenvalue weighted by Gasteiger charge is -2.11. The summed E-state index contributed by atoms with van der Waals surface area (Å²) in [7, 11) is 0. The first-order chi connectivity index (χ1) is 7.70. The van der Waals surface area contributed by atoms with E-state index in [4.69, 9.17) is 11.4 Å². The first-order valence-corrected chi connectivity index (χ1v) is 7.08. The molecule has 0 aliphatic carbocycles. The molecule has 0 saturated heterocycles. The van der Waals surface area contributed by atoms with E-state index in [2.05, 4.69) is 0 Å². The molecule has 0 saturated carbocycles. The smallest absolute Gasteiger partial charge is 0.454 e. The first-order valence-electron chi connectivity index (χ1n) is 5.67. The first kappa shape index (κ1) is 15.8. The minimum Gasteiger partial charge on any atom is -0.454 e. The molecule has 0 aliphatic heterocycles. The van der Waals surface area contributed by atoms with Crippen LogP contribution in [0, 0.1) is 10.1 Å². The molecule has 0 spiro atoms. The molecule has 0 bridgehead atoms. The second-order valence-electron chi connectivity index (χ2n) is 3.31. The maximum atomic E-state index is 10.1. The van der Waals surface area contributed by atoms with Crippen molar-refractivity contribution in [3.05, 3.63) is 10.1 Å². The van der Waals surface area contributed by atoms with Gasteiger partial charge in [0, 0.05) is 31.2 Å². The van der Waals surface area contributed by atoms with Crippen molar-refractivity contribution in [2.24, 2.45) is 0 Å². The molecule has 0 aromatic heterocycles. The van der Waals surface area contributed by atoms with Gasteiger partial charge >= 0.3 is 15.1 Å². The van der Waals surface area contributed by atoms with Crippen LogP contribution in [-0.4, -0.2) is 46.4 Å². The zero-order valence-electron chi connectivity index (χ0n) is 10.0. The molecule has 94 valence electrons. The maximum absolute atomic E-state index is 10.1. The molecular weight excluding hydrogens is 229 g/mol. The fourth-order valence-corrected chi connectivity index (χ4v) is 2.45. The van der Waals surface area contributed by atoms with Crippen molar-refractivity contribution < 1.29 is 16.3 Å². The molecular formula is C9H20AlNO5. The van der Waals surface area contributed by atoms with Gasteiger partial charge in [-0.15, -0.1) is 0 Å². The highest BCUT2D eigenvalue weighted by atomic mass is 27.3. The third-order valence-corrected chi connectivity index (χ3v) is 3.18. The summed E-state index contributed by atoms with van der Waals surface area (Å²) >= 11 is -2.05. The van der Waals surface area contributed by atoms with E-state index < -0.39 is 15.1 Å². The van der Waals surface area contributed by atoms with Crippen LogP contribution in [0.2, 0.25) is 0 Å². The third-order valence-electron chi connectivity index (χ3n) is 1.66. The number of nitro groups is 1. The Bertz CT molecular complexity index is 173. The van der Waals surface area contributed by atoms with Crippen molar-refractivity contribution in [2.75, 3.05) is 26.4 Å². The predicted molar refractivity (Wildman–Crippen MR) is 60.7 cm³/mol. The summed E-state index contributed by atoms with van der Waals surface area (Å²) in [6, 6.07) is 0. The third kappa shape index (κ3) is 10.3. The van der Waals surface area contributed by atoms with E-state index in [-0.39, 0.29) is 11.5 Å². The summed E-state index contributed by atoms with van der Waals surface area (Å²) in [5.74, 6) is 0.